The number of hydrogen-bond acceptors (Lipinski definition) is 4. The van der Waals surface area contributed by atoms with Gasteiger partial charge in [0.15, 0.2) is 0 Å². The summed E-state index contributed by atoms with van der Waals surface area (Å²) >= 11 is 0. The van der Waals surface area contributed by atoms with Crippen LogP contribution in [0.4, 0.5) is 13.2 Å². The molecule has 0 amide bonds. The van der Waals surface area contributed by atoms with E-state index in [2.05, 4.69) is 10.2 Å². The number of carboxylic acids is 1. The maximum absolute atomic E-state index is 13.0. The summed E-state index contributed by atoms with van der Waals surface area (Å²) < 4.78 is 45.0. The third-order valence-corrected chi connectivity index (χ3v) is 2.95. The Morgan fingerprint density at radius 1 is 1.41 bits per heavy atom. The van der Waals surface area contributed by atoms with E-state index >= 15 is 0 Å². The van der Waals surface area contributed by atoms with Crippen molar-refractivity contribution in [3.63, 3.8) is 0 Å². The summed E-state index contributed by atoms with van der Waals surface area (Å²) in [6.45, 7) is -0.398. The number of carbonyl (C=O) groups is 1. The predicted molar refractivity (Wildman–Crippen MR) is 68.4 cm³/mol. The molecule has 0 bridgehead atoms. The normalized spacial score (nSPS) is 12.0. The second-order valence-corrected chi connectivity index (χ2v) is 4.43. The summed E-state index contributed by atoms with van der Waals surface area (Å²) in [5.74, 6) is -1.06. The third kappa shape index (κ3) is 3.45. The van der Waals surface area contributed by atoms with E-state index in [0.29, 0.717) is 0 Å². The van der Waals surface area contributed by atoms with E-state index in [-0.39, 0.29) is 37.1 Å². The van der Waals surface area contributed by atoms with Crippen molar-refractivity contribution in [2.75, 3.05) is 13.2 Å². The summed E-state index contributed by atoms with van der Waals surface area (Å²) in [7, 11) is 0. The van der Waals surface area contributed by atoms with E-state index in [1.54, 1.807) is 0 Å². The zero-order chi connectivity index (χ0) is 16.3. The number of hydrogen-bond donors (Lipinski definition) is 2. The maximum atomic E-state index is 13.0. The lowest BCUT2D eigenvalue weighted by molar-refractivity contribution is -0.143. The number of alkyl halides is 3. The summed E-state index contributed by atoms with van der Waals surface area (Å²) in [6.07, 6.45) is -3.74. The monoisotopic (exact) mass is 319 g/mol. The number of carboxylic acid groups (broad SMARTS) is 1. The van der Waals surface area contributed by atoms with E-state index in [1.165, 1.54) is 0 Å². The van der Waals surface area contributed by atoms with E-state index in [1.807, 2.05) is 0 Å². The zero-order valence-corrected chi connectivity index (χ0v) is 11.2. The Kier molecular flexibility index (Phi) is 4.50. The van der Waals surface area contributed by atoms with Gasteiger partial charge >= 0.3 is 12.1 Å². The first-order chi connectivity index (χ1) is 10.3. The molecule has 2 N–H and O–H groups in total. The molecule has 0 saturated heterocycles. The molecule has 10 heteroatoms. The van der Waals surface area contributed by atoms with Gasteiger partial charge in [0, 0.05) is 6.54 Å². The summed E-state index contributed by atoms with van der Waals surface area (Å²) in [5.41, 5.74) is -1.66. The second-order valence-electron chi connectivity index (χ2n) is 4.43. The number of aliphatic carboxylic acids is 1. The molecule has 2 aromatic rings. The smallest absolute Gasteiger partial charge is 0.431 e. The number of halogens is 3. The molecule has 0 aliphatic heterocycles. The van der Waals surface area contributed by atoms with Gasteiger partial charge in [0.1, 0.15) is 5.69 Å². The minimum atomic E-state index is -4.63. The number of nitrogens with one attached hydrogen (secondary N) is 1. The summed E-state index contributed by atoms with van der Waals surface area (Å²) in [5, 5.41) is 13.9. The molecule has 0 fully saturated rings. The second kappa shape index (κ2) is 6.18. The van der Waals surface area contributed by atoms with Crippen LogP contribution in [0, 0.1) is 0 Å². The van der Waals surface area contributed by atoms with Crippen LogP contribution in [-0.2, 0) is 22.3 Å². The molecule has 22 heavy (non-hydrogen) atoms. The molecule has 0 radical (unpaired) electrons. The van der Waals surface area contributed by atoms with Gasteiger partial charge in [-0.15, -0.1) is 0 Å². The maximum Gasteiger partial charge on any atom is 0.431 e. The summed E-state index contributed by atoms with van der Waals surface area (Å²) in [4.78, 5) is 21.8. The topological polar surface area (TPSA) is 97.2 Å². The molecular weight excluding hydrogens is 307 g/mol. The molecule has 2 rings (SSSR count). The molecular formula is C12H12F3N3O4. The minimum Gasteiger partial charge on any atom is -0.481 e. The Bertz CT molecular complexity index is 735. The van der Waals surface area contributed by atoms with Crippen LogP contribution < -0.4 is 5.56 Å². The lowest BCUT2D eigenvalue weighted by Crippen LogP contribution is -2.17. The highest BCUT2D eigenvalue weighted by Crippen LogP contribution is 2.32. The molecule has 2 heterocycles. The number of ether oxygens (including phenoxy) is 1. The van der Waals surface area contributed by atoms with Gasteiger partial charge in [0.25, 0.3) is 5.56 Å². The lowest BCUT2D eigenvalue weighted by atomic mass is 10.3. The molecule has 0 aromatic carbocycles. The van der Waals surface area contributed by atoms with Crippen molar-refractivity contribution in [1.29, 1.82) is 0 Å². The highest BCUT2D eigenvalue weighted by Gasteiger charge is 2.35. The van der Waals surface area contributed by atoms with Crippen LogP contribution in [0.25, 0.3) is 10.9 Å². The van der Waals surface area contributed by atoms with Gasteiger partial charge in [0.2, 0.25) is 0 Å². The van der Waals surface area contributed by atoms with Gasteiger partial charge < -0.3 is 14.4 Å². The van der Waals surface area contributed by atoms with Crippen molar-refractivity contribution in [2.24, 2.45) is 0 Å². The van der Waals surface area contributed by atoms with Crippen molar-refractivity contribution in [1.82, 2.24) is 14.8 Å². The Balaban J connectivity index is 2.25. The molecule has 0 atom stereocenters. The van der Waals surface area contributed by atoms with Crippen molar-refractivity contribution < 1.29 is 27.8 Å². The average Bonchev–Trinajstić information content (AvgIpc) is 2.78. The van der Waals surface area contributed by atoms with Crippen LogP contribution in [0.3, 0.4) is 0 Å². The number of rotatable bonds is 6. The van der Waals surface area contributed by atoms with E-state index in [4.69, 9.17) is 9.84 Å². The van der Waals surface area contributed by atoms with Gasteiger partial charge in [-0.1, -0.05) is 0 Å². The molecule has 7 nitrogen and oxygen atoms in total. The fraction of sp³-hybridized carbons (Fsp3) is 0.417. The van der Waals surface area contributed by atoms with Gasteiger partial charge in [-0.05, 0) is 6.07 Å². The van der Waals surface area contributed by atoms with Gasteiger partial charge in [0.05, 0.1) is 36.7 Å². The molecule has 0 saturated carbocycles. The fourth-order valence-electron chi connectivity index (χ4n) is 1.99. The quantitative estimate of drug-likeness (QED) is 0.781. The highest BCUT2D eigenvalue weighted by atomic mass is 19.4. The number of fused-ring (bicyclic) bond motifs is 1. The number of aromatic nitrogens is 3. The standard InChI is InChI=1S/C12H12F3N3O4/c13-12(14,15)9-5-7-8(6-16-17-11(7)21)18(9)2-4-22-3-1-10(19)20/h5-6H,1-4H2,(H,17,21)(H,19,20). The number of H-pyrrole nitrogens is 1. The van der Waals surface area contributed by atoms with E-state index < -0.39 is 23.4 Å². The summed E-state index contributed by atoms with van der Waals surface area (Å²) in [6, 6.07) is 0.757. The highest BCUT2D eigenvalue weighted by molar-refractivity contribution is 5.79. The molecule has 0 aliphatic carbocycles. The van der Waals surface area contributed by atoms with E-state index in [9.17, 15) is 22.8 Å². The molecule has 2 aromatic heterocycles. The Labute approximate surface area is 121 Å². The van der Waals surface area contributed by atoms with Gasteiger partial charge in [-0.25, -0.2) is 5.10 Å². The predicted octanol–water partition coefficient (Wildman–Crippen LogP) is 1.23. The average molecular weight is 319 g/mol. The van der Waals surface area contributed by atoms with E-state index in [0.717, 1.165) is 16.8 Å². The van der Waals surface area contributed by atoms with Crippen LogP contribution in [-0.4, -0.2) is 39.1 Å². The Morgan fingerprint density at radius 3 is 2.77 bits per heavy atom. The minimum absolute atomic E-state index is 0.0397. The first-order valence-corrected chi connectivity index (χ1v) is 6.24. The van der Waals surface area contributed by atoms with Crippen LogP contribution in [0.15, 0.2) is 17.1 Å². The van der Waals surface area contributed by atoms with Crippen LogP contribution >= 0.6 is 0 Å². The Hall–Kier alpha value is -2.36. The number of nitrogens with zero attached hydrogens (tertiary/aromatic N) is 2. The third-order valence-electron chi connectivity index (χ3n) is 2.95. The lowest BCUT2D eigenvalue weighted by Gasteiger charge is -2.12. The zero-order valence-electron chi connectivity index (χ0n) is 11.2. The molecule has 0 unspecified atom stereocenters. The largest absolute Gasteiger partial charge is 0.481 e. The number of aromatic amines is 1. The van der Waals surface area contributed by atoms with Gasteiger partial charge in [-0.2, -0.15) is 18.3 Å². The van der Waals surface area contributed by atoms with Crippen molar-refractivity contribution in [3.05, 3.63) is 28.3 Å². The van der Waals surface area contributed by atoms with Crippen LogP contribution in [0.2, 0.25) is 0 Å². The molecule has 120 valence electrons. The molecule has 0 spiro atoms. The first-order valence-electron chi connectivity index (χ1n) is 6.24. The molecule has 0 aliphatic rings. The SMILES string of the molecule is O=C(O)CCOCCn1c(C(F)(F)F)cc2c(=O)[nH]ncc21. The van der Waals surface area contributed by atoms with Crippen LogP contribution in [0.5, 0.6) is 0 Å². The van der Waals surface area contributed by atoms with Gasteiger partial charge in [-0.3, -0.25) is 9.59 Å². The van der Waals surface area contributed by atoms with Crippen molar-refractivity contribution >= 4 is 16.9 Å². The fourth-order valence-corrected chi connectivity index (χ4v) is 1.99. The Morgan fingerprint density at radius 2 is 2.14 bits per heavy atom. The first kappa shape index (κ1) is 16.0. The van der Waals surface area contributed by atoms with Crippen LogP contribution in [0.1, 0.15) is 12.1 Å². The van der Waals surface area contributed by atoms with Crippen molar-refractivity contribution in [2.45, 2.75) is 19.1 Å². The van der Waals surface area contributed by atoms with Crippen molar-refractivity contribution in [3.8, 4) is 0 Å².